The molecule has 3 heteroatoms. The van der Waals surface area contributed by atoms with Gasteiger partial charge in [-0.2, -0.15) is 5.26 Å². The molecule has 2 aromatic rings. The number of aryl methyl sites for hydroxylation is 1. The van der Waals surface area contributed by atoms with E-state index >= 15 is 0 Å². The first-order chi connectivity index (χ1) is 11.2. The predicted octanol–water partition coefficient (Wildman–Crippen LogP) is 3.33. The van der Waals surface area contributed by atoms with Crippen LogP contribution in [0.5, 0.6) is 0 Å². The summed E-state index contributed by atoms with van der Waals surface area (Å²) in [5.74, 6) is 0.655. The molecule has 2 nitrogen and oxygen atoms in total. The molecule has 0 aliphatic rings. The molecule has 23 heavy (non-hydrogen) atoms. The molecular weight excluding hydrogens is 279 g/mol. The van der Waals surface area contributed by atoms with Gasteiger partial charge in [-0.25, -0.2) is 0 Å². The zero-order valence-electron chi connectivity index (χ0n) is 14.5. The van der Waals surface area contributed by atoms with Crippen LogP contribution >= 0.6 is 0 Å². The Hall–Kier alpha value is -2.08. The maximum absolute atomic E-state index is 9.03. The van der Waals surface area contributed by atoms with Crippen LogP contribution in [0.1, 0.15) is 62.1 Å². The van der Waals surface area contributed by atoms with Crippen LogP contribution in [0.25, 0.3) is 0 Å². The summed E-state index contributed by atoms with van der Waals surface area (Å²) in [5.41, 5.74) is 5.70. The molecule has 0 aliphatic heterocycles. The van der Waals surface area contributed by atoms with Gasteiger partial charge in [0.15, 0.2) is 0 Å². The van der Waals surface area contributed by atoms with Gasteiger partial charge in [0.2, 0.25) is 7.28 Å². The Morgan fingerprint density at radius 2 is 1.87 bits per heavy atom. The SMILES string of the molecule is CCCC(CCC)c1cc(C)cc(Bc2cc(C#N)ccn2)c1. The van der Waals surface area contributed by atoms with Crippen LogP contribution in [-0.2, 0) is 0 Å². The molecule has 0 unspecified atom stereocenters. The molecule has 0 amide bonds. The van der Waals surface area contributed by atoms with Crippen molar-refractivity contribution in [3.8, 4) is 6.07 Å². The number of rotatable bonds is 7. The maximum atomic E-state index is 9.03. The molecule has 0 radical (unpaired) electrons. The Kier molecular flexibility index (Phi) is 6.41. The molecule has 0 fully saturated rings. The lowest BCUT2D eigenvalue weighted by Gasteiger charge is -2.18. The Bertz CT molecular complexity index is 682. The minimum atomic E-state index is 0.655. The number of hydrogen-bond donors (Lipinski definition) is 0. The molecule has 0 bridgehead atoms. The first-order valence-electron chi connectivity index (χ1n) is 8.61. The van der Waals surface area contributed by atoms with E-state index in [2.05, 4.69) is 50.0 Å². The summed E-state index contributed by atoms with van der Waals surface area (Å²) in [7, 11) is 0.787. The predicted molar refractivity (Wildman–Crippen MR) is 99.1 cm³/mol. The fourth-order valence-electron chi connectivity index (χ4n) is 3.26. The highest BCUT2D eigenvalue weighted by molar-refractivity contribution is 6.66. The van der Waals surface area contributed by atoms with E-state index in [1.807, 2.05) is 6.07 Å². The number of aromatic nitrogens is 1. The van der Waals surface area contributed by atoms with Gasteiger partial charge < -0.3 is 0 Å². The van der Waals surface area contributed by atoms with E-state index in [9.17, 15) is 0 Å². The molecule has 1 aromatic heterocycles. The van der Waals surface area contributed by atoms with Gasteiger partial charge in [-0.1, -0.05) is 55.9 Å². The summed E-state index contributed by atoms with van der Waals surface area (Å²) in [6.07, 6.45) is 6.67. The lowest BCUT2D eigenvalue weighted by Crippen LogP contribution is -2.30. The van der Waals surface area contributed by atoms with E-state index in [1.165, 1.54) is 42.3 Å². The molecule has 0 N–H and O–H groups in total. The average Bonchev–Trinajstić information content (AvgIpc) is 2.54. The number of benzene rings is 1. The summed E-state index contributed by atoms with van der Waals surface area (Å²) >= 11 is 0. The summed E-state index contributed by atoms with van der Waals surface area (Å²) < 4.78 is 0. The Labute approximate surface area is 140 Å². The Morgan fingerprint density at radius 1 is 1.13 bits per heavy atom. The largest absolute Gasteiger partial charge is 0.271 e. The van der Waals surface area contributed by atoms with Crippen molar-refractivity contribution >= 4 is 18.3 Å². The van der Waals surface area contributed by atoms with Gasteiger partial charge in [-0.15, -0.1) is 0 Å². The number of hydrogen-bond acceptors (Lipinski definition) is 2. The zero-order valence-corrected chi connectivity index (χ0v) is 14.5. The van der Waals surface area contributed by atoms with E-state index in [1.54, 1.807) is 12.3 Å². The van der Waals surface area contributed by atoms with E-state index in [4.69, 9.17) is 5.26 Å². The van der Waals surface area contributed by atoms with Crippen molar-refractivity contribution in [1.82, 2.24) is 4.98 Å². The van der Waals surface area contributed by atoms with Crippen molar-refractivity contribution in [2.24, 2.45) is 0 Å². The molecule has 0 saturated carbocycles. The first kappa shape index (κ1) is 17.3. The van der Waals surface area contributed by atoms with Gasteiger partial charge in [0.05, 0.1) is 11.6 Å². The molecule has 1 aromatic carbocycles. The highest BCUT2D eigenvalue weighted by atomic mass is 14.6. The summed E-state index contributed by atoms with van der Waals surface area (Å²) in [6.45, 7) is 6.69. The zero-order chi connectivity index (χ0) is 16.7. The van der Waals surface area contributed by atoms with Crippen molar-refractivity contribution in [2.45, 2.75) is 52.4 Å². The van der Waals surface area contributed by atoms with Crippen molar-refractivity contribution in [3.05, 3.63) is 53.2 Å². The van der Waals surface area contributed by atoms with Gasteiger partial charge in [-0.05, 0) is 43.4 Å². The van der Waals surface area contributed by atoms with E-state index < -0.39 is 0 Å². The van der Waals surface area contributed by atoms with Crippen molar-refractivity contribution in [3.63, 3.8) is 0 Å². The summed E-state index contributed by atoms with van der Waals surface area (Å²) in [5, 5.41) is 9.03. The molecule has 0 atom stereocenters. The fourth-order valence-corrected chi connectivity index (χ4v) is 3.26. The van der Waals surface area contributed by atoms with Crippen molar-refractivity contribution < 1.29 is 0 Å². The van der Waals surface area contributed by atoms with Crippen LogP contribution < -0.4 is 11.1 Å². The lowest BCUT2D eigenvalue weighted by molar-refractivity contribution is 0.561. The van der Waals surface area contributed by atoms with E-state index in [-0.39, 0.29) is 0 Å². The minimum absolute atomic E-state index is 0.655. The lowest BCUT2D eigenvalue weighted by atomic mass is 9.65. The topological polar surface area (TPSA) is 36.7 Å². The van der Waals surface area contributed by atoms with Crippen LogP contribution in [0.3, 0.4) is 0 Å². The highest BCUT2D eigenvalue weighted by Gasteiger charge is 2.12. The smallest absolute Gasteiger partial charge is 0.216 e. The third-order valence-electron chi connectivity index (χ3n) is 4.24. The maximum Gasteiger partial charge on any atom is 0.216 e. The average molecular weight is 304 g/mol. The van der Waals surface area contributed by atoms with Crippen molar-refractivity contribution in [1.29, 1.82) is 5.26 Å². The normalized spacial score (nSPS) is 10.6. The first-order valence-corrected chi connectivity index (χ1v) is 8.61. The minimum Gasteiger partial charge on any atom is -0.271 e. The van der Waals surface area contributed by atoms with E-state index in [0.717, 1.165) is 12.9 Å². The fraction of sp³-hybridized carbons (Fsp3) is 0.400. The summed E-state index contributed by atoms with van der Waals surface area (Å²) in [4.78, 5) is 4.41. The van der Waals surface area contributed by atoms with Crippen LogP contribution in [-0.4, -0.2) is 12.3 Å². The van der Waals surface area contributed by atoms with Crippen LogP contribution in [0.2, 0.25) is 0 Å². The second-order valence-electron chi connectivity index (χ2n) is 6.35. The van der Waals surface area contributed by atoms with Crippen LogP contribution in [0.4, 0.5) is 0 Å². The monoisotopic (exact) mass is 304 g/mol. The van der Waals surface area contributed by atoms with Gasteiger partial charge in [0.25, 0.3) is 0 Å². The molecule has 0 aliphatic carbocycles. The van der Waals surface area contributed by atoms with Gasteiger partial charge in [0, 0.05) is 11.8 Å². The van der Waals surface area contributed by atoms with E-state index in [0.29, 0.717) is 11.5 Å². The van der Waals surface area contributed by atoms with Crippen LogP contribution in [0, 0.1) is 18.3 Å². The second-order valence-corrected chi connectivity index (χ2v) is 6.35. The molecule has 2 rings (SSSR count). The third-order valence-corrected chi connectivity index (χ3v) is 4.24. The Balaban J connectivity index is 2.27. The molecule has 118 valence electrons. The van der Waals surface area contributed by atoms with Crippen molar-refractivity contribution in [2.75, 3.05) is 0 Å². The van der Waals surface area contributed by atoms with Crippen LogP contribution in [0.15, 0.2) is 36.5 Å². The number of pyridine rings is 1. The second kappa shape index (κ2) is 8.53. The number of nitrogens with zero attached hydrogens (tertiary/aromatic N) is 2. The van der Waals surface area contributed by atoms with Gasteiger partial charge in [0.1, 0.15) is 0 Å². The Morgan fingerprint density at radius 3 is 2.52 bits per heavy atom. The quantitative estimate of drug-likeness (QED) is 0.736. The third kappa shape index (κ3) is 4.96. The standard InChI is InChI=1S/C20H25BN2/c1-4-6-17(7-5-2)18-10-15(3)11-19(13-18)21-20-12-16(14-22)8-9-23-20/h8-13,17,21H,4-7H2,1-3H3. The van der Waals surface area contributed by atoms with Gasteiger partial charge in [-0.3, -0.25) is 4.98 Å². The molecule has 1 heterocycles. The molecular formula is C20H25BN2. The number of nitriles is 1. The molecule has 0 saturated heterocycles. The van der Waals surface area contributed by atoms with Gasteiger partial charge >= 0.3 is 0 Å². The highest BCUT2D eigenvalue weighted by Crippen LogP contribution is 2.26. The summed E-state index contributed by atoms with van der Waals surface area (Å²) in [6, 6.07) is 12.7. The molecule has 0 spiro atoms.